The molecule has 0 heterocycles. The molecule has 3 aromatic rings. The molecule has 5 nitrogen and oxygen atoms in total. The first-order chi connectivity index (χ1) is 14.6. The first-order valence-corrected chi connectivity index (χ1v) is 9.38. The molecule has 3 aromatic carbocycles. The Bertz CT molecular complexity index is 1160. The summed E-state index contributed by atoms with van der Waals surface area (Å²) in [6.45, 7) is -0.0302. The lowest BCUT2D eigenvalue weighted by Gasteiger charge is -2.20. The molecular weight excluding hydrogens is 380 g/mol. The van der Waals surface area contributed by atoms with Crippen LogP contribution in [0.15, 0.2) is 84.4 Å². The number of hydrogen-bond donors (Lipinski definition) is 0. The lowest BCUT2D eigenvalue weighted by molar-refractivity contribution is -0.139. The number of ether oxygens (including phenoxy) is 2. The molecule has 0 atom stereocenters. The third kappa shape index (κ3) is 3.53. The van der Waals surface area contributed by atoms with Crippen molar-refractivity contribution in [1.82, 2.24) is 0 Å². The third-order valence-electron chi connectivity index (χ3n) is 4.92. The predicted octanol–water partition coefficient (Wildman–Crippen LogP) is 4.27. The van der Waals surface area contributed by atoms with Gasteiger partial charge in [-0.05, 0) is 23.3 Å². The molecule has 0 bridgehead atoms. The number of methoxy groups -OCH3 is 1. The summed E-state index contributed by atoms with van der Waals surface area (Å²) in [7, 11) is 1.57. The minimum absolute atomic E-state index is 0.0302. The highest BCUT2D eigenvalue weighted by molar-refractivity contribution is 6.46. The summed E-state index contributed by atoms with van der Waals surface area (Å²) in [6.07, 6.45) is 0. The maximum atomic E-state index is 13.2. The molecule has 5 heteroatoms. The summed E-state index contributed by atoms with van der Waals surface area (Å²) >= 11 is 0. The van der Waals surface area contributed by atoms with E-state index in [0.717, 1.165) is 5.56 Å². The molecule has 148 valence electrons. The van der Waals surface area contributed by atoms with Crippen molar-refractivity contribution in [3.8, 4) is 5.75 Å². The van der Waals surface area contributed by atoms with Gasteiger partial charge < -0.3 is 9.47 Å². The van der Waals surface area contributed by atoms with Crippen LogP contribution in [0.4, 0.5) is 0 Å². The molecular formula is C25H18O5. The molecule has 1 aliphatic carbocycles. The highest BCUT2D eigenvalue weighted by Gasteiger charge is 2.37. The Hall–Kier alpha value is -3.99. The summed E-state index contributed by atoms with van der Waals surface area (Å²) in [5, 5.41) is 0. The van der Waals surface area contributed by atoms with Gasteiger partial charge in [-0.3, -0.25) is 9.59 Å². The van der Waals surface area contributed by atoms with Gasteiger partial charge in [-0.2, -0.15) is 0 Å². The van der Waals surface area contributed by atoms with Crippen molar-refractivity contribution in [2.75, 3.05) is 7.11 Å². The molecule has 30 heavy (non-hydrogen) atoms. The third-order valence-corrected chi connectivity index (χ3v) is 4.92. The number of Topliss-reactive ketones (excluding diaryl/α,β-unsaturated/α-hetero) is 2. The standard InChI is InChI=1S/C25H18O5/c1-29-18-13-11-16(12-14-18)15-30-25(28)22-21(17-7-3-2-4-8-17)23(26)19-9-5-6-10-20(19)24(22)27/h2-14H,15H2,1H3. The van der Waals surface area contributed by atoms with Gasteiger partial charge in [0, 0.05) is 16.7 Å². The first-order valence-electron chi connectivity index (χ1n) is 9.38. The SMILES string of the molecule is COc1ccc(COC(=O)C2=C(c3ccccc3)C(=O)c3ccccc3C2=O)cc1. The zero-order chi connectivity index (χ0) is 21.1. The van der Waals surface area contributed by atoms with Crippen molar-refractivity contribution in [2.45, 2.75) is 6.61 Å². The number of hydrogen-bond acceptors (Lipinski definition) is 5. The monoisotopic (exact) mass is 398 g/mol. The Morgan fingerprint density at radius 3 is 2.00 bits per heavy atom. The number of esters is 1. The van der Waals surface area contributed by atoms with E-state index in [9.17, 15) is 14.4 Å². The Morgan fingerprint density at radius 1 is 0.767 bits per heavy atom. The zero-order valence-electron chi connectivity index (χ0n) is 16.3. The molecule has 0 fully saturated rings. The summed E-state index contributed by atoms with van der Waals surface area (Å²) < 4.78 is 10.5. The van der Waals surface area contributed by atoms with Crippen LogP contribution in [0, 0.1) is 0 Å². The van der Waals surface area contributed by atoms with Crippen LogP contribution in [-0.2, 0) is 16.1 Å². The van der Waals surface area contributed by atoms with Gasteiger partial charge in [0.1, 0.15) is 17.9 Å². The van der Waals surface area contributed by atoms with Gasteiger partial charge in [-0.1, -0.05) is 66.7 Å². The summed E-state index contributed by atoms with van der Waals surface area (Å²) in [5.41, 5.74) is 1.56. The molecule has 4 rings (SSSR count). The van der Waals surface area contributed by atoms with E-state index in [-0.39, 0.29) is 34.7 Å². The van der Waals surface area contributed by atoms with Gasteiger partial charge in [0.15, 0.2) is 5.78 Å². The molecule has 0 aliphatic heterocycles. The molecule has 0 amide bonds. The van der Waals surface area contributed by atoms with Crippen molar-refractivity contribution in [1.29, 1.82) is 0 Å². The average molecular weight is 398 g/mol. The van der Waals surface area contributed by atoms with Crippen molar-refractivity contribution in [3.63, 3.8) is 0 Å². The summed E-state index contributed by atoms with van der Waals surface area (Å²) in [4.78, 5) is 39.3. The highest BCUT2D eigenvalue weighted by Crippen LogP contribution is 2.33. The van der Waals surface area contributed by atoms with Crippen LogP contribution in [0.5, 0.6) is 5.75 Å². The van der Waals surface area contributed by atoms with Crippen LogP contribution in [0.2, 0.25) is 0 Å². The minimum atomic E-state index is -0.822. The lowest BCUT2D eigenvalue weighted by atomic mass is 9.81. The molecule has 0 saturated carbocycles. The first kappa shape index (κ1) is 19.3. The molecule has 0 radical (unpaired) electrons. The Balaban J connectivity index is 1.71. The second-order valence-electron chi connectivity index (χ2n) is 6.74. The maximum Gasteiger partial charge on any atom is 0.343 e. The number of benzene rings is 3. The Labute approximate surface area is 173 Å². The topological polar surface area (TPSA) is 69.7 Å². The molecule has 0 N–H and O–H groups in total. The largest absolute Gasteiger partial charge is 0.497 e. The molecule has 1 aliphatic rings. The van der Waals surface area contributed by atoms with E-state index in [1.807, 2.05) is 0 Å². The fourth-order valence-electron chi connectivity index (χ4n) is 3.39. The normalized spacial score (nSPS) is 13.1. The van der Waals surface area contributed by atoms with E-state index in [1.165, 1.54) is 0 Å². The van der Waals surface area contributed by atoms with Gasteiger partial charge in [0.25, 0.3) is 0 Å². The lowest BCUT2D eigenvalue weighted by Crippen LogP contribution is -2.27. The molecule has 0 unspecified atom stereocenters. The van der Waals surface area contributed by atoms with Crippen LogP contribution in [-0.4, -0.2) is 24.6 Å². The van der Waals surface area contributed by atoms with Crippen LogP contribution in [0.3, 0.4) is 0 Å². The molecule has 0 aromatic heterocycles. The van der Waals surface area contributed by atoms with Gasteiger partial charge in [0.05, 0.1) is 7.11 Å². The number of carbonyl (C=O) groups is 3. The molecule has 0 saturated heterocycles. The average Bonchev–Trinajstić information content (AvgIpc) is 2.80. The van der Waals surface area contributed by atoms with Gasteiger partial charge in [0.2, 0.25) is 5.78 Å². The van der Waals surface area contributed by atoms with Crippen LogP contribution in [0.1, 0.15) is 31.8 Å². The number of rotatable bonds is 5. The van der Waals surface area contributed by atoms with E-state index in [2.05, 4.69) is 0 Å². The second-order valence-corrected chi connectivity index (χ2v) is 6.74. The minimum Gasteiger partial charge on any atom is -0.497 e. The van der Waals surface area contributed by atoms with Crippen molar-refractivity contribution in [3.05, 3.63) is 107 Å². The van der Waals surface area contributed by atoms with E-state index < -0.39 is 11.8 Å². The van der Waals surface area contributed by atoms with E-state index in [0.29, 0.717) is 11.3 Å². The van der Waals surface area contributed by atoms with Gasteiger partial charge in [-0.25, -0.2) is 4.79 Å². The predicted molar refractivity (Wildman–Crippen MR) is 111 cm³/mol. The van der Waals surface area contributed by atoms with Crippen molar-refractivity contribution < 1.29 is 23.9 Å². The summed E-state index contributed by atoms with van der Waals surface area (Å²) in [5.74, 6) is -1.02. The van der Waals surface area contributed by atoms with Crippen LogP contribution >= 0.6 is 0 Å². The smallest absolute Gasteiger partial charge is 0.343 e. The van der Waals surface area contributed by atoms with E-state index in [1.54, 1.807) is 86.0 Å². The summed E-state index contributed by atoms with van der Waals surface area (Å²) in [6, 6.07) is 22.2. The Kier molecular flexibility index (Phi) is 5.26. The second kappa shape index (κ2) is 8.17. The Morgan fingerprint density at radius 2 is 1.37 bits per heavy atom. The fraction of sp³-hybridized carbons (Fsp3) is 0.0800. The fourth-order valence-corrected chi connectivity index (χ4v) is 3.39. The van der Waals surface area contributed by atoms with Gasteiger partial charge in [-0.15, -0.1) is 0 Å². The number of carbonyl (C=O) groups excluding carboxylic acids is 3. The zero-order valence-corrected chi connectivity index (χ0v) is 16.3. The van der Waals surface area contributed by atoms with Crippen LogP contribution in [0.25, 0.3) is 5.57 Å². The number of fused-ring (bicyclic) bond motifs is 1. The van der Waals surface area contributed by atoms with E-state index >= 15 is 0 Å². The number of ketones is 2. The quantitative estimate of drug-likeness (QED) is 0.474. The molecule has 0 spiro atoms. The highest BCUT2D eigenvalue weighted by atomic mass is 16.5. The van der Waals surface area contributed by atoms with Crippen molar-refractivity contribution >= 4 is 23.1 Å². The van der Waals surface area contributed by atoms with Crippen LogP contribution < -0.4 is 4.74 Å². The van der Waals surface area contributed by atoms with E-state index in [4.69, 9.17) is 9.47 Å². The van der Waals surface area contributed by atoms with Crippen molar-refractivity contribution in [2.24, 2.45) is 0 Å². The maximum absolute atomic E-state index is 13.2. The number of allylic oxidation sites excluding steroid dienone is 1. The van der Waals surface area contributed by atoms with Gasteiger partial charge >= 0.3 is 5.97 Å².